The molecular formula is C16H19N3O3. The standard InChI is InChI=1S/C16H19N3O3/c20-16(17-9-8-12-10-18-19-11-12)14-6-7-15(22-14)21-13-4-2-1-3-5-13/h1-7,12,18-19H,8-11H2,(H,17,20). The highest BCUT2D eigenvalue weighted by Gasteiger charge is 2.15. The van der Waals surface area contributed by atoms with Gasteiger partial charge >= 0.3 is 0 Å². The van der Waals surface area contributed by atoms with Crippen LogP contribution in [0.1, 0.15) is 17.0 Å². The Morgan fingerprint density at radius 2 is 1.95 bits per heavy atom. The number of ether oxygens (including phenoxy) is 1. The molecule has 1 aliphatic heterocycles. The van der Waals surface area contributed by atoms with Crippen LogP contribution in [0.4, 0.5) is 0 Å². The van der Waals surface area contributed by atoms with E-state index in [0.717, 1.165) is 19.5 Å². The molecule has 6 heteroatoms. The van der Waals surface area contributed by atoms with Crippen LogP contribution in [0.15, 0.2) is 46.9 Å². The first-order valence-corrected chi connectivity index (χ1v) is 7.38. The lowest BCUT2D eigenvalue weighted by atomic mass is 10.1. The fourth-order valence-corrected chi connectivity index (χ4v) is 2.29. The zero-order valence-electron chi connectivity index (χ0n) is 12.2. The van der Waals surface area contributed by atoms with Gasteiger partial charge in [-0.1, -0.05) is 18.2 Å². The summed E-state index contributed by atoms with van der Waals surface area (Å²) in [7, 11) is 0. The summed E-state index contributed by atoms with van der Waals surface area (Å²) in [5.41, 5.74) is 6.14. The molecule has 2 aromatic rings. The van der Waals surface area contributed by atoms with E-state index in [-0.39, 0.29) is 11.7 Å². The number of carbonyl (C=O) groups is 1. The van der Waals surface area contributed by atoms with E-state index in [1.165, 1.54) is 0 Å². The van der Waals surface area contributed by atoms with Crippen LogP contribution < -0.4 is 20.9 Å². The maximum absolute atomic E-state index is 12.0. The molecule has 1 aromatic carbocycles. The number of amides is 1. The van der Waals surface area contributed by atoms with Crippen LogP contribution in [-0.4, -0.2) is 25.5 Å². The number of rotatable bonds is 6. The maximum atomic E-state index is 12.0. The summed E-state index contributed by atoms with van der Waals surface area (Å²) in [4.78, 5) is 12.0. The normalized spacial score (nSPS) is 14.9. The van der Waals surface area contributed by atoms with Crippen LogP contribution in [0.2, 0.25) is 0 Å². The Morgan fingerprint density at radius 3 is 2.73 bits per heavy atom. The second-order valence-corrected chi connectivity index (χ2v) is 5.21. The molecule has 0 saturated carbocycles. The molecule has 1 amide bonds. The average Bonchev–Trinajstić information content (AvgIpc) is 3.20. The third-order valence-corrected chi connectivity index (χ3v) is 3.51. The smallest absolute Gasteiger partial charge is 0.290 e. The van der Waals surface area contributed by atoms with Crippen molar-refractivity contribution in [2.75, 3.05) is 19.6 Å². The molecule has 1 fully saturated rings. The lowest BCUT2D eigenvalue weighted by molar-refractivity contribution is 0.0919. The van der Waals surface area contributed by atoms with Crippen molar-refractivity contribution in [2.24, 2.45) is 5.92 Å². The van der Waals surface area contributed by atoms with Crippen molar-refractivity contribution in [3.63, 3.8) is 0 Å². The van der Waals surface area contributed by atoms with Gasteiger partial charge in [-0.15, -0.1) is 0 Å². The minimum atomic E-state index is -0.221. The Bertz CT molecular complexity index is 606. The predicted octanol–water partition coefficient (Wildman–Crippen LogP) is 1.92. The van der Waals surface area contributed by atoms with E-state index in [2.05, 4.69) is 16.2 Å². The van der Waals surface area contributed by atoms with Gasteiger partial charge in [0.1, 0.15) is 5.75 Å². The van der Waals surface area contributed by atoms with Gasteiger partial charge < -0.3 is 14.5 Å². The lowest BCUT2D eigenvalue weighted by Gasteiger charge is -2.07. The number of nitrogens with one attached hydrogen (secondary N) is 3. The van der Waals surface area contributed by atoms with E-state index in [1.54, 1.807) is 12.1 Å². The van der Waals surface area contributed by atoms with E-state index in [1.807, 2.05) is 30.3 Å². The second-order valence-electron chi connectivity index (χ2n) is 5.21. The summed E-state index contributed by atoms with van der Waals surface area (Å²) < 4.78 is 10.9. The number of hydrogen-bond acceptors (Lipinski definition) is 5. The highest BCUT2D eigenvalue weighted by molar-refractivity contribution is 5.91. The van der Waals surface area contributed by atoms with Gasteiger partial charge in [0, 0.05) is 25.7 Å². The van der Waals surface area contributed by atoms with Crippen LogP contribution in [0, 0.1) is 5.92 Å². The topological polar surface area (TPSA) is 75.5 Å². The van der Waals surface area contributed by atoms with Gasteiger partial charge in [0.15, 0.2) is 5.76 Å². The van der Waals surface area contributed by atoms with Gasteiger partial charge in [0.05, 0.1) is 0 Å². The molecule has 116 valence electrons. The minimum Gasteiger partial charge on any atom is -0.426 e. The first kappa shape index (κ1) is 14.6. The SMILES string of the molecule is O=C(NCCC1CNNC1)c1ccc(Oc2ccccc2)o1. The van der Waals surface area contributed by atoms with Crippen molar-refractivity contribution in [1.82, 2.24) is 16.2 Å². The van der Waals surface area contributed by atoms with Gasteiger partial charge in [0.2, 0.25) is 0 Å². The van der Waals surface area contributed by atoms with Crippen molar-refractivity contribution in [3.8, 4) is 11.7 Å². The van der Waals surface area contributed by atoms with Gasteiger partial charge in [-0.2, -0.15) is 0 Å². The summed E-state index contributed by atoms with van der Waals surface area (Å²) in [6, 6.07) is 12.6. The van der Waals surface area contributed by atoms with E-state index in [9.17, 15) is 4.79 Å². The zero-order chi connectivity index (χ0) is 15.2. The maximum Gasteiger partial charge on any atom is 0.290 e. The van der Waals surface area contributed by atoms with E-state index >= 15 is 0 Å². The van der Waals surface area contributed by atoms with Crippen LogP contribution in [0.3, 0.4) is 0 Å². The third-order valence-electron chi connectivity index (χ3n) is 3.51. The molecular weight excluding hydrogens is 282 g/mol. The molecule has 1 aliphatic rings. The van der Waals surface area contributed by atoms with Gasteiger partial charge in [-0.3, -0.25) is 15.6 Å². The molecule has 22 heavy (non-hydrogen) atoms. The summed E-state index contributed by atoms with van der Waals surface area (Å²) in [6.07, 6.45) is 0.930. The van der Waals surface area contributed by atoms with Crippen LogP contribution >= 0.6 is 0 Å². The molecule has 0 bridgehead atoms. The highest BCUT2D eigenvalue weighted by atomic mass is 16.6. The summed E-state index contributed by atoms with van der Waals surface area (Å²) in [5.74, 6) is 1.56. The Kier molecular flexibility index (Phi) is 4.72. The van der Waals surface area contributed by atoms with Crippen LogP contribution in [-0.2, 0) is 0 Å². The fraction of sp³-hybridized carbons (Fsp3) is 0.312. The Hall–Kier alpha value is -2.31. The number of furan rings is 1. The molecule has 1 aromatic heterocycles. The molecule has 1 saturated heterocycles. The first-order chi connectivity index (χ1) is 10.8. The first-order valence-electron chi connectivity index (χ1n) is 7.38. The molecule has 0 spiro atoms. The number of para-hydroxylation sites is 1. The Balaban J connectivity index is 1.48. The summed E-state index contributed by atoms with van der Waals surface area (Å²) >= 11 is 0. The fourth-order valence-electron chi connectivity index (χ4n) is 2.29. The molecule has 6 nitrogen and oxygen atoms in total. The van der Waals surface area contributed by atoms with Crippen molar-refractivity contribution in [1.29, 1.82) is 0 Å². The minimum absolute atomic E-state index is 0.221. The van der Waals surface area contributed by atoms with Crippen molar-refractivity contribution >= 4 is 5.91 Å². The van der Waals surface area contributed by atoms with E-state index in [4.69, 9.17) is 9.15 Å². The molecule has 0 unspecified atom stereocenters. The number of hydrogen-bond donors (Lipinski definition) is 3. The zero-order valence-corrected chi connectivity index (χ0v) is 12.2. The highest BCUT2D eigenvalue weighted by Crippen LogP contribution is 2.23. The van der Waals surface area contributed by atoms with Crippen LogP contribution in [0.5, 0.6) is 11.7 Å². The molecule has 3 rings (SSSR count). The third kappa shape index (κ3) is 3.87. The molecule has 3 N–H and O–H groups in total. The largest absolute Gasteiger partial charge is 0.426 e. The van der Waals surface area contributed by atoms with Crippen molar-refractivity contribution in [2.45, 2.75) is 6.42 Å². The van der Waals surface area contributed by atoms with Gasteiger partial charge in [-0.25, -0.2) is 0 Å². The molecule has 2 heterocycles. The number of benzene rings is 1. The molecule has 0 radical (unpaired) electrons. The van der Waals surface area contributed by atoms with Gasteiger partial charge in [0.25, 0.3) is 11.9 Å². The molecule has 0 atom stereocenters. The number of hydrazine groups is 1. The Morgan fingerprint density at radius 1 is 1.18 bits per heavy atom. The second kappa shape index (κ2) is 7.11. The van der Waals surface area contributed by atoms with Gasteiger partial charge in [-0.05, 0) is 30.5 Å². The van der Waals surface area contributed by atoms with E-state index < -0.39 is 0 Å². The van der Waals surface area contributed by atoms with Crippen LogP contribution in [0.25, 0.3) is 0 Å². The lowest BCUT2D eigenvalue weighted by Crippen LogP contribution is -2.26. The quantitative estimate of drug-likeness (QED) is 0.760. The summed E-state index contributed by atoms with van der Waals surface area (Å²) in [5, 5.41) is 2.86. The number of carbonyl (C=O) groups excluding carboxylic acids is 1. The Labute approximate surface area is 128 Å². The predicted molar refractivity (Wildman–Crippen MR) is 81.7 cm³/mol. The van der Waals surface area contributed by atoms with E-state index in [0.29, 0.717) is 24.2 Å². The summed E-state index contributed by atoms with van der Waals surface area (Å²) in [6.45, 7) is 2.50. The molecule has 0 aliphatic carbocycles. The monoisotopic (exact) mass is 301 g/mol. The average molecular weight is 301 g/mol. The van der Waals surface area contributed by atoms with Crippen molar-refractivity contribution in [3.05, 3.63) is 48.2 Å². The van der Waals surface area contributed by atoms with Crippen molar-refractivity contribution < 1.29 is 13.9 Å².